The number of halogens is 4. The van der Waals surface area contributed by atoms with Gasteiger partial charge in [0.05, 0.1) is 18.2 Å². The van der Waals surface area contributed by atoms with Crippen LogP contribution >= 0.6 is 11.6 Å². The highest BCUT2D eigenvalue weighted by atomic mass is 35.5. The molecule has 0 aliphatic carbocycles. The molecular weight excluding hydrogens is 373 g/mol. The molecule has 2 aromatic rings. The van der Waals surface area contributed by atoms with Gasteiger partial charge in [-0.1, -0.05) is 17.7 Å². The number of aryl methyl sites for hydroxylation is 1. The number of anilines is 1. The fourth-order valence-electron chi connectivity index (χ4n) is 2.38. The lowest BCUT2D eigenvalue weighted by Gasteiger charge is -2.16. The van der Waals surface area contributed by atoms with Crippen LogP contribution < -0.4 is 5.32 Å². The Bertz CT molecular complexity index is 882. The molecular formula is C17H14ClF3N2O3. The number of hydrogen-bond donors (Lipinski definition) is 1. The van der Waals surface area contributed by atoms with Gasteiger partial charge in [0.2, 0.25) is 0 Å². The summed E-state index contributed by atoms with van der Waals surface area (Å²) < 4.78 is 44.0. The van der Waals surface area contributed by atoms with Gasteiger partial charge in [0, 0.05) is 5.69 Å². The van der Waals surface area contributed by atoms with Crippen molar-refractivity contribution in [3.63, 3.8) is 0 Å². The topological polar surface area (TPSA) is 68.3 Å². The van der Waals surface area contributed by atoms with Crippen LogP contribution in [0.2, 0.25) is 5.15 Å². The van der Waals surface area contributed by atoms with Crippen molar-refractivity contribution in [2.75, 3.05) is 12.4 Å². The number of carbonyl (C=O) groups is 2. The number of amides is 1. The van der Waals surface area contributed by atoms with Gasteiger partial charge < -0.3 is 10.1 Å². The van der Waals surface area contributed by atoms with Crippen LogP contribution in [0.25, 0.3) is 0 Å². The Morgan fingerprint density at radius 1 is 1.15 bits per heavy atom. The molecule has 0 saturated carbocycles. The van der Waals surface area contributed by atoms with Crippen molar-refractivity contribution in [1.82, 2.24) is 4.98 Å². The van der Waals surface area contributed by atoms with Crippen LogP contribution in [-0.4, -0.2) is 24.0 Å². The average molecular weight is 387 g/mol. The van der Waals surface area contributed by atoms with E-state index >= 15 is 0 Å². The maximum Gasteiger partial charge on any atom is 0.418 e. The number of ether oxygens (including phenoxy) is 1. The third-order valence-corrected chi connectivity index (χ3v) is 3.91. The smallest absolute Gasteiger partial charge is 0.418 e. The third kappa shape index (κ3) is 3.96. The zero-order valence-corrected chi connectivity index (χ0v) is 14.7. The number of alkyl halides is 3. The summed E-state index contributed by atoms with van der Waals surface area (Å²) in [5.74, 6) is -1.72. The molecule has 1 N–H and O–H groups in total. The van der Waals surface area contributed by atoms with E-state index in [0.29, 0.717) is 17.2 Å². The Labute approximate surface area is 152 Å². The Morgan fingerprint density at radius 2 is 1.81 bits per heavy atom. The highest BCUT2D eigenvalue weighted by Gasteiger charge is 2.36. The highest BCUT2D eigenvalue weighted by Crippen LogP contribution is 2.33. The molecule has 0 aliphatic rings. The van der Waals surface area contributed by atoms with Gasteiger partial charge in [-0.25, -0.2) is 9.78 Å². The summed E-state index contributed by atoms with van der Waals surface area (Å²) in [4.78, 5) is 27.7. The molecule has 1 amide bonds. The number of pyridine rings is 1. The average Bonchev–Trinajstić information content (AvgIpc) is 2.56. The van der Waals surface area contributed by atoms with E-state index in [0.717, 1.165) is 6.07 Å². The van der Waals surface area contributed by atoms with Crippen LogP contribution in [0.5, 0.6) is 0 Å². The summed E-state index contributed by atoms with van der Waals surface area (Å²) in [5.41, 5.74) is -0.762. The molecule has 1 aromatic heterocycles. The van der Waals surface area contributed by atoms with Gasteiger partial charge in [0.1, 0.15) is 10.8 Å². The summed E-state index contributed by atoms with van der Waals surface area (Å²) in [5, 5.41) is 2.14. The van der Waals surface area contributed by atoms with Gasteiger partial charge in [-0.2, -0.15) is 13.2 Å². The first-order valence-electron chi connectivity index (χ1n) is 7.30. The van der Waals surface area contributed by atoms with Gasteiger partial charge in [0.25, 0.3) is 5.91 Å². The number of nitrogens with zero attached hydrogens (tertiary/aromatic N) is 1. The first-order valence-corrected chi connectivity index (χ1v) is 7.67. The molecule has 138 valence electrons. The van der Waals surface area contributed by atoms with Crippen molar-refractivity contribution < 1.29 is 27.5 Å². The zero-order chi connectivity index (χ0) is 19.6. The van der Waals surface area contributed by atoms with Gasteiger partial charge >= 0.3 is 12.1 Å². The maximum atomic E-state index is 13.1. The van der Waals surface area contributed by atoms with E-state index in [-0.39, 0.29) is 16.4 Å². The molecule has 0 spiro atoms. The second-order valence-electron chi connectivity index (χ2n) is 5.40. The second kappa shape index (κ2) is 7.33. The van der Waals surface area contributed by atoms with Crippen LogP contribution in [0.4, 0.5) is 18.9 Å². The molecule has 5 nitrogen and oxygen atoms in total. The summed E-state index contributed by atoms with van der Waals surface area (Å²) in [7, 11) is 1.20. The predicted octanol–water partition coefficient (Wildman–Crippen LogP) is 4.41. The molecule has 0 atom stereocenters. The first kappa shape index (κ1) is 19.7. The van der Waals surface area contributed by atoms with Crippen molar-refractivity contribution in [2.24, 2.45) is 0 Å². The van der Waals surface area contributed by atoms with Crippen molar-refractivity contribution in [2.45, 2.75) is 20.0 Å². The first-order chi connectivity index (χ1) is 12.1. The minimum Gasteiger partial charge on any atom is -0.465 e. The maximum absolute atomic E-state index is 13.1. The van der Waals surface area contributed by atoms with Crippen LogP contribution in [-0.2, 0) is 10.9 Å². The molecule has 9 heteroatoms. The predicted molar refractivity (Wildman–Crippen MR) is 89.5 cm³/mol. The number of nitrogens with one attached hydrogen (secondary N) is 1. The van der Waals surface area contributed by atoms with E-state index in [4.69, 9.17) is 11.6 Å². The number of hydrogen-bond acceptors (Lipinski definition) is 4. The number of rotatable bonds is 3. The van der Waals surface area contributed by atoms with E-state index in [2.05, 4.69) is 15.0 Å². The van der Waals surface area contributed by atoms with Crippen molar-refractivity contribution in [3.05, 3.63) is 57.4 Å². The summed E-state index contributed by atoms with van der Waals surface area (Å²) in [6, 6.07) is 4.69. The molecule has 0 saturated heterocycles. The monoisotopic (exact) mass is 386 g/mol. The van der Waals surface area contributed by atoms with Gasteiger partial charge in [-0.05, 0) is 43.2 Å². The van der Waals surface area contributed by atoms with Crippen LogP contribution in [0.15, 0.2) is 24.3 Å². The molecule has 0 bridgehead atoms. The molecule has 26 heavy (non-hydrogen) atoms. The number of aromatic nitrogens is 1. The Kier molecular flexibility index (Phi) is 5.56. The number of benzene rings is 1. The normalized spacial score (nSPS) is 11.2. The molecule has 1 aromatic carbocycles. The lowest BCUT2D eigenvalue weighted by atomic mass is 10.0. The number of carbonyl (C=O) groups excluding carboxylic acids is 2. The number of esters is 1. The van der Waals surface area contributed by atoms with Gasteiger partial charge in [0.15, 0.2) is 0 Å². The molecule has 2 rings (SSSR count). The minimum absolute atomic E-state index is 0.184. The highest BCUT2D eigenvalue weighted by molar-refractivity contribution is 6.29. The summed E-state index contributed by atoms with van der Waals surface area (Å²) in [6.45, 7) is 3.19. The SMILES string of the molecule is COC(=O)c1ccc(C)c(NC(=O)c2nc(Cl)ccc2C(F)(F)F)c1C. The molecule has 0 aliphatic heterocycles. The fourth-order valence-corrected chi connectivity index (χ4v) is 2.53. The Morgan fingerprint density at radius 3 is 2.38 bits per heavy atom. The Balaban J connectivity index is 2.49. The molecule has 0 unspecified atom stereocenters. The standard InChI is InChI=1S/C17H14ClF3N2O3/c1-8-4-5-10(16(25)26-3)9(2)13(8)23-15(24)14-11(17(19,20)21)6-7-12(18)22-14/h4-7H,1-3H3,(H,23,24). The van der Waals surface area contributed by atoms with Crippen molar-refractivity contribution >= 4 is 29.2 Å². The van der Waals surface area contributed by atoms with Crippen LogP contribution in [0.1, 0.15) is 37.5 Å². The van der Waals surface area contributed by atoms with E-state index in [1.807, 2.05) is 0 Å². The van der Waals surface area contributed by atoms with Crippen molar-refractivity contribution in [1.29, 1.82) is 0 Å². The van der Waals surface area contributed by atoms with Crippen LogP contribution in [0, 0.1) is 13.8 Å². The van der Waals surface area contributed by atoms with Gasteiger partial charge in [-0.15, -0.1) is 0 Å². The van der Waals surface area contributed by atoms with Gasteiger partial charge in [-0.3, -0.25) is 4.79 Å². The largest absolute Gasteiger partial charge is 0.465 e. The molecule has 0 radical (unpaired) electrons. The van der Waals surface area contributed by atoms with E-state index < -0.39 is 29.3 Å². The Hall–Kier alpha value is -2.61. The summed E-state index contributed by atoms with van der Waals surface area (Å²) in [6.07, 6.45) is -4.78. The lowest BCUT2D eigenvalue weighted by molar-refractivity contribution is -0.138. The third-order valence-electron chi connectivity index (χ3n) is 3.70. The molecule has 0 fully saturated rings. The quantitative estimate of drug-likeness (QED) is 0.626. The summed E-state index contributed by atoms with van der Waals surface area (Å²) >= 11 is 5.64. The zero-order valence-electron chi connectivity index (χ0n) is 14.0. The van der Waals surface area contributed by atoms with E-state index in [1.165, 1.54) is 13.2 Å². The van der Waals surface area contributed by atoms with Crippen LogP contribution in [0.3, 0.4) is 0 Å². The fraction of sp³-hybridized carbons (Fsp3) is 0.235. The number of methoxy groups -OCH3 is 1. The van der Waals surface area contributed by atoms with E-state index in [1.54, 1.807) is 19.9 Å². The van der Waals surface area contributed by atoms with Crippen molar-refractivity contribution in [3.8, 4) is 0 Å². The molecule has 1 heterocycles. The minimum atomic E-state index is -4.78. The second-order valence-corrected chi connectivity index (χ2v) is 5.79. The lowest BCUT2D eigenvalue weighted by Crippen LogP contribution is -2.22. The van der Waals surface area contributed by atoms with E-state index in [9.17, 15) is 22.8 Å².